The van der Waals surface area contributed by atoms with Crippen LogP contribution in [-0.4, -0.2) is 16.1 Å². The van der Waals surface area contributed by atoms with Crippen LogP contribution in [-0.2, 0) is 4.79 Å². The second-order valence-corrected chi connectivity index (χ2v) is 6.35. The highest BCUT2D eigenvalue weighted by Gasteiger charge is 2.37. The molecule has 1 aliphatic rings. The summed E-state index contributed by atoms with van der Waals surface area (Å²) < 4.78 is 0. The number of anilines is 1. The first-order valence-electron chi connectivity index (χ1n) is 6.86. The summed E-state index contributed by atoms with van der Waals surface area (Å²) >= 11 is 6.72. The smallest absolute Gasteiger partial charge is 0.298 e. The van der Waals surface area contributed by atoms with Gasteiger partial charge in [-0.15, -0.1) is 0 Å². The van der Waals surface area contributed by atoms with Crippen molar-refractivity contribution in [1.82, 2.24) is 0 Å². The van der Waals surface area contributed by atoms with E-state index in [-0.39, 0.29) is 21.2 Å². The van der Waals surface area contributed by atoms with Gasteiger partial charge in [-0.1, -0.05) is 35.9 Å². The van der Waals surface area contributed by atoms with Crippen LogP contribution in [0.15, 0.2) is 47.4 Å². The van der Waals surface area contributed by atoms with E-state index in [2.05, 4.69) is 0 Å². The molecule has 1 aliphatic heterocycles. The van der Waals surface area contributed by atoms with Gasteiger partial charge in [-0.05, 0) is 41.3 Å². The van der Waals surface area contributed by atoms with Gasteiger partial charge in [0, 0.05) is 6.07 Å². The quantitative estimate of drug-likeness (QED) is 0.461. The Morgan fingerprint density at radius 2 is 1.88 bits per heavy atom. The van der Waals surface area contributed by atoms with Crippen LogP contribution in [0.4, 0.5) is 16.2 Å². The average molecular weight is 376 g/mol. The van der Waals surface area contributed by atoms with Crippen molar-refractivity contribution in [3.05, 3.63) is 68.1 Å². The minimum Gasteiger partial charge on any atom is -0.868 e. The third kappa shape index (κ3) is 3.21. The number of para-hydroxylation sites is 1. The van der Waals surface area contributed by atoms with E-state index >= 15 is 0 Å². The Balaban J connectivity index is 1.98. The van der Waals surface area contributed by atoms with Crippen molar-refractivity contribution < 1.29 is 19.6 Å². The third-order valence-corrected chi connectivity index (χ3v) is 4.55. The number of nitrogens with zero attached hydrogens (tertiary/aromatic N) is 2. The number of hydrogen-bond donors (Lipinski definition) is 0. The summed E-state index contributed by atoms with van der Waals surface area (Å²) in [5, 5.41) is 22.0. The van der Waals surface area contributed by atoms with Gasteiger partial charge in [0.05, 0.1) is 20.5 Å². The zero-order chi connectivity index (χ0) is 18.1. The molecule has 0 aromatic heterocycles. The number of hydrogen-bond acceptors (Lipinski definition) is 6. The average Bonchev–Trinajstić information content (AvgIpc) is 2.84. The van der Waals surface area contributed by atoms with Crippen molar-refractivity contribution in [2.45, 2.75) is 0 Å². The summed E-state index contributed by atoms with van der Waals surface area (Å²) in [4.78, 5) is 35.8. The molecule has 126 valence electrons. The van der Waals surface area contributed by atoms with Crippen molar-refractivity contribution in [1.29, 1.82) is 0 Å². The van der Waals surface area contributed by atoms with Crippen molar-refractivity contribution in [2.75, 3.05) is 4.90 Å². The molecule has 0 N–H and O–H groups in total. The first kappa shape index (κ1) is 17.0. The summed E-state index contributed by atoms with van der Waals surface area (Å²) in [7, 11) is 0. The lowest BCUT2D eigenvalue weighted by Crippen LogP contribution is -2.27. The number of nitro benzene ring substituents is 1. The van der Waals surface area contributed by atoms with E-state index in [9.17, 15) is 24.8 Å². The van der Waals surface area contributed by atoms with E-state index in [4.69, 9.17) is 11.6 Å². The Labute approximate surface area is 150 Å². The Morgan fingerprint density at radius 1 is 1.16 bits per heavy atom. The Bertz CT molecular complexity index is 944. The van der Waals surface area contributed by atoms with E-state index in [1.165, 1.54) is 12.1 Å². The van der Waals surface area contributed by atoms with Crippen molar-refractivity contribution in [3.63, 3.8) is 0 Å². The highest BCUT2D eigenvalue weighted by molar-refractivity contribution is 8.19. The topological polar surface area (TPSA) is 104 Å². The first-order valence-corrected chi connectivity index (χ1v) is 8.06. The van der Waals surface area contributed by atoms with Crippen LogP contribution < -0.4 is 10.0 Å². The van der Waals surface area contributed by atoms with Crippen molar-refractivity contribution in [3.8, 4) is 5.75 Å². The minimum atomic E-state index is -0.796. The maximum absolute atomic E-state index is 12.5. The second kappa shape index (κ2) is 6.58. The maximum Gasteiger partial charge on any atom is 0.298 e. The highest BCUT2D eigenvalue weighted by Crippen LogP contribution is 2.38. The molecule has 9 heteroatoms. The van der Waals surface area contributed by atoms with Gasteiger partial charge in [-0.25, -0.2) is 4.90 Å². The zero-order valence-electron chi connectivity index (χ0n) is 12.3. The van der Waals surface area contributed by atoms with Crippen LogP contribution in [0.2, 0.25) is 5.02 Å². The number of carbonyl (C=O) groups is 2. The minimum absolute atomic E-state index is 0.0814. The molecule has 25 heavy (non-hydrogen) atoms. The largest absolute Gasteiger partial charge is 0.868 e. The maximum atomic E-state index is 12.5. The molecular formula is C16H8ClN2O5S-. The van der Waals surface area contributed by atoms with E-state index in [1.807, 2.05) is 0 Å². The molecule has 0 unspecified atom stereocenters. The second-order valence-electron chi connectivity index (χ2n) is 4.95. The molecule has 0 atom stereocenters. The predicted octanol–water partition coefficient (Wildman–Crippen LogP) is 3.56. The number of thioether (sulfide) groups is 1. The normalized spacial score (nSPS) is 15.9. The van der Waals surface area contributed by atoms with Gasteiger partial charge in [0.15, 0.2) is 0 Å². The van der Waals surface area contributed by atoms with Crippen molar-refractivity contribution >= 4 is 52.0 Å². The lowest BCUT2D eigenvalue weighted by Gasteiger charge is -2.13. The lowest BCUT2D eigenvalue weighted by atomic mass is 10.1. The Morgan fingerprint density at radius 3 is 2.56 bits per heavy atom. The molecular weight excluding hydrogens is 368 g/mol. The van der Waals surface area contributed by atoms with Gasteiger partial charge in [0.1, 0.15) is 0 Å². The molecule has 1 heterocycles. The van der Waals surface area contributed by atoms with Crippen molar-refractivity contribution in [2.24, 2.45) is 0 Å². The highest BCUT2D eigenvalue weighted by atomic mass is 35.5. The summed E-state index contributed by atoms with van der Waals surface area (Å²) in [6.45, 7) is 0. The van der Waals surface area contributed by atoms with Gasteiger partial charge < -0.3 is 5.11 Å². The molecule has 1 saturated heterocycles. The standard InChI is InChI=1S/C16H9ClN2O5S/c17-10-3-1-2-4-11(10)18-15(21)14(25-16(18)22)8-9-5-6-13(20)12(7-9)19(23)24/h1-8,20H/p-1/b14-8-. The Kier molecular flexibility index (Phi) is 4.47. The molecule has 0 radical (unpaired) electrons. The van der Waals surface area contributed by atoms with Crippen LogP contribution in [0.3, 0.4) is 0 Å². The summed E-state index contributed by atoms with van der Waals surface area (Å²) in [5.74, 6) is -1.32. The fourth-order valence-corrected chi connectivity index (χ4v) is 3.28. The van der Waals surface area contributed by atoms with Gasteiger partial charge in [-0.2, -0.15) is 0 Å². The number of imide groups is 1. The van der Waals surface area contributed by atoms with Crippen LogP contribution in [0.25, 0.3) is 6.08 Å². The predicted molar refractivity (Wildman–Crippen MR) is 92.4 cm³/mol. The molecule has 3 rings (SSSR count). The molecule has 7 nitrogen and oxygen atoms in total. The van der Waals surface area contributed by atoms with Crippen LogP contribution in [0.1, 0.15) is 5.56 Å². The number of nitro groups is 1. The summed E-state index contributed by atoms with van der Waals surface area (Å²) in [6, 6.07) is 9.86. The molecule has 1 fully saturated rings. The molecule has 0 aliphatic carbocycles. The number of halogens is 1. The SMILES string of the molecule is O=C1S/C(=C\c2ccc([O-])c([N+](=O)[O-])c2)C(=O)N1c1ccccc1Cl. The molecule has 0 spiro atoms. The summed E-state index contributed by atoms with van der Waals surface area (Å²) in [5.41, 5.74) is -0.0639. The van der Waals surface area contributed by atoms with Gasteiger partial charge in [0.2, 0.25) is 0 Å². The fraction of sp³-hybridized carbons (Fsp3) is 0. The monoisotopic (exact) mass is 375 g/mol. The molecule has 2 aromatic carbocycles. The first-order chi connectivity index (χ1) is 11.9. The molecule has 0 bridgehead atoms. The molecule has 0 saturated carbocycles. The van der Waals surface area contributed by atoms with Gasteiger partial charge in [0.25, 0.3) is 16.8 Å². The van der Waals surface area contributed by atoms with E-state index < -0.39 is 27.5 Å². The lowest BCUT2D eigenvalue weighted by molar-refractivity contribution is -0.398. The van der Waals surface area contributed by atoms with Gasteiger partial charge in [-0.3, -0.25) is 19.7 Å². The molecule has 2 aromatic rings. The number of carbonyl (C=O) groups excluding carboxylic acids is 2. The molecule has 2 amide bonds. The van der Waals surface area contributed by atoms with Crippen LogP contribution in [0.5, 0.6) is 5.75 Å². The van der Waals surface area contributed by atoms with E-state index in [0.717, 1.165) is 17.0 Å². The van der Waals surface area contributed by atoms with E-state index in [0.29, 0.717) is 11.8 Å². The third-order valence-electron chi connectivity index (χ3n) is 3.36. The zero-order valence-corrected chi connectivity index (χ0v) is 13.9. The fourth-order valence-electron chi connectivity index (χ4n) is 2.23. The number of amides is 2. The van der Waals surface area contributed by atoms with Crippen LogP contribution >= 0.6 is 23.4 Å². The summed E-state index contributed by atoms with van der Waals surface area (Å²) in [6.07, 6.45) is 1.33. The van der Waals surface area contributed by atoms with Gasteiger partial charge >= 0.3 is 0 Å². The van der Waals surface area contributed by atoms with Crippen LogP contribution in [0, 0.1) is 10.1 Å². The van der Waals surface area contributed by atoms with E-state index in [1.54, 1.807) is 24.3 Å². The Hall–Kier alpha value is -2.84. The number of rotatable bonds is 3. The number of benzene rings is 2.